The Morgan fingerprint density at radius 2 is 1.67 bits per heavy atom. The zero-order valence-corrected chi connectivity index (χ0v) is 11.6. The predicted octanol–water partition coefficient (Wildman–Crippen LogP) is 2.67. The minimum absolute atomic E-state index is 0.0407. The summed E-state index contributed by atoms with van der Waals surface area (Å²) in [6.45, 7) is 0. The van der Waals surface area contributed by atoms with Crippen LogP contribution >= 0.6 is 0 Å². The molecule has 1 aliphatic carbocycles. The Labute approximate surface area is 109 Å². The lowest BCUT2D eigenvalue weighted by Crippen LogP contribution is -2.23. The molecule has 0 amide bonds. The van der Waals surface area contributed by atoms with Crippen LogP contribution in [0.25, 0.3) is 0 Å². The topological polar surface area (TPSA) is 60.2 Å². The van der Waals surface area contributed by atoms with Crippen LogP contribution in [0, 0.1) is 5.92 Å². The van der Waals surface area contributed by atoms with E-state index in [-0.39, 0.29) is 6.04 Å². The molecule has 4 heteroatoms. The molecule has 3 nitrogen and oxygen atoms in total. The van der Waals surface area contributed by atoms with Gasteiger partial charge in [0.1, 0.15) is 0 Å². The van der Waals surface area contributed by atoms with Crippen molar-refractivity contribution in [3.05, 3.63) is 29.8 Å². The van der Waals surface area contributed by atoms with Gasteiger partial charge in [-0.3, -0.25) is 0 Å². The first-order valence-electron chi connectivity index (χ1n) is 6.54. The summed E-state index contributed by atoms with van der Waals surface area (Å²) in [5, 5.41) is 0. The second-order valence-electron chi connectivity index (χ2n) is 5.27. The first-order valence-corrected chi connectivity index (χ1v) is 8.43. The van der Waals surface area contributed by atoms with Crippen molar-refractivity contribution < 1.29 is 8.42 Å². The van der Waals surface area contributed by atoms with Crippen LogP contribution in [0.4, 0.5) is 0 Å². The van der Waals surface area contributed by atoms with E-state index in [2.05, 4.69) is 0 Å². The molecule has 0 spiro atoms. The Bertz CT molecular complexity index is 487. The molecule has 1 saturated carbocycles. The van der Waals surface area contributed by atoms with E-state index in [1.807, 2.05) is 12.1 Å². The van der Waals surface area contributed by atoms with E-state index >= 15 is 0 Å². The summed E-state index contributed by atoms with van der Waals surface area (Å²) in [5.74, 6) is 0.544. The fourth-order valence-corrected chi connectivity index (χ4v) is 3.33. The Hall–Kier alpha value is -0.870. The molecular formula is C14H21NO2S. The summed E-state index contributed by atoms with van der Waals surface area (Å²) >= 11 is 0. The summed E-state index contributed by atoms with van der Waals surface area (Å²) in [5.41, 5.74) is 7.33. The Morgan fingerprint density at radius 3 is 2.17 bits per heavy atom. The van der Waals surface area contributed by atoms with Gasteiger partial charge in [-0.1, -0.05) is 31.4 Å². The highest BCUT2D eigenvalue weighted by atomic mass is 32.2. The van der Waals surface area contributed by atoms with Gasteiger partial charge in [-0.05, 0) is 36.5 Å². The lowest BCUT2D eigenvalue weighted by Gasteiger charge is -2.27. The van der Waals surface area contributed by atoms with E-state index in [9.17, 15) is 8.42 Å². The molecule has 0 heterocycles. The molecule has 1 fully saturated rings. The first-order chi connectivity index (χ1) is 8.48. The van der Waals surface area contributed by atoms with Crippen molar-refractivity contribution in [3.8, 4) is 0 Å². The van der Waals surface area contributed by atoms with Crippen LogP contribution in [-0.4, -0.2) is 14.7 Å². The molecule has 1 atom stereocenters. The van der Waals surface area contributed by atoms with Crippen LogP contribution in [0.5, 0.6) is 0 Å². The molecule has 0 aromatic heterocycles. The maximum absolute atomic E-state index is 11.4. The van der Waals surface area contributed by atoms with Gasteiger partial charge in [0.2, 0.25) is 0 Å². The molecule has 1 aromatic rings. The van der Waals surface area contributed by atoms with Gasteiger partial charge in [-0.25, -0.2) is 8.42 Å². The molecule has 1 aliphatic rings. The molecule has 0 saturated heterocycles. The standard InChI is InChI=1S/C14H21NO2S/c1-18(16,17)13-9-7-12(8-10-13)14(15)11-5-3-2-4-6-11/h7-11,14H,2-6,15H2,1H3/t14-/m1/s1. The Balaban J connectivity index is 2.13. The monoisotopic (exact) mass is 267 g/mol. The molecule has 0 unspecified atom stereocenters. The van der Waals surface area contributed by atoms with Crippen LogP contribution in [0.2, 0.25) is 0 Å². The lowest BCUT2D eigenvalue weighted by molar-refractivity contribution is 0.308. The minimum Gasteiger partial charge on any atom is -0.324 e. The van der Waals surface area contributed by atoms with Gasteiger partial charge >= 0.3 is 0 Å². The molecule has 1 aromatic carbocycles. The predicted molar refractivity (Wildman–Crippen MR) is 73.1 cm³/mol. The van der Waals surface area contributed by atoms with Crippen molar-refractivity contribution >= 4 is 9.84 Å². The third-order valence-corrected chi connectivity index (χ3v) is 4.98. The van der Waals surface area contributed by atoms with E-state index in [1.54, 1.807) is 12.1 Å². The van der Waals surface area contributed by atoms with Gasteiger partial charge in [-0.2, -0.15) is 0 Å². The minimum atomic E-state index is -3.11. The van der Waals surface area contributed by atoms with E-state index in [0.29, 0.717) is 10.8 Å². The normalized spacial score (nSPS) is 19.7. The largest absolute Gasteiger partial charge is 0.324 e. The van der Waals surface area contributed by atoms with Crippen molar-refractivity contribution in [2.45, 2.75) is 43.0 Å². The van der Waals surface area contributed by atoms with E-state index in [1.165, 1.54) is 38.4 Å². The van der Waals surface area contributed by atoms with Crippen molar-refractivity contribution in [1.29, 1.82) is 0 Å². The molecule has 2 rings (SSSR count). The summed E-state index contributed by atoms with van der Waals surface area (Å²) in [7, 11) is -3.11. The number of hydrogen-bond donors (Lipinski definition) is 1. The highest BCUT2D eigenvalue weighted by Crippen LogP contribution is 2.33. The van der Waals surface area contributed by atoms with E-state index in [0.717, 1.165) is 5.56 Å². The average Bonchev–Trinajstić information content (AvgIpc) is 2.38. The Kier molecular flexibility index (Phi) is 4.07. The van der Waals surface area contributed by atoms with Crippen LogP contribution in [0.1, 0.15) is 43.7 Å². The molecule has 0 aliphatic heterocycles. The zero-order valence-electron chi connectivity index (χ0n) is 10.8. The highest BCUT2D eigenvalue weighted by Gasteiger charge is 2.22. The van der Waals surface area contributed by atoms with Crippen LogP contribution in [0.3, 0.4) is 0 Å². The third kappa shape index (κ3) is 3.12. The van der Waals surface area contributed by atoms with Gasteiger partial charge in [0.05, 0.1) is 4.90 Å². The maximum Gasteiger partial charge on any atom is 0.175 e. The quantitative estimate of drug-likeness (QED) is 0.916. The number of hydrogen-bond acceptors (Lipinski definition) is 3. The molecule has 100 valence electrons. The third-order valence-electron chi connectivity index (χ3n) is 3.85. The summed E-state index contributed by atoms with van der Waals surface area (Å²) in [6.07, 6.45) is 7.45. The van der Waals surface area contributed by atoms with Gasteiger partial charge in [0.15, 0.2) is 9.84 Å². The smallest absolute Gasteiger partial charge is 0.175 e. The average molecular weight is 267 g/mol. The van der Waals surface area contributed by atoms with Crippen molar-refractivity contribution in [1.82, 2.24) is 0 Å². The second-order valence-corrected chi connectivity index (χ2v) is 7.28. The Morgan fingerprint density at radius 1 is 1.11 bits per heavy atom. The molecule has 2 N–H and O–H groups in total. The summed E-state index contributed by atoms with van der Waals surface area (Å²) in [4.78, 5) is 0.363. The van der Waals surface area contributed by atoms with Crippen LogP contribution < -0.4 is 5.73 Å². The van der Waals surface area contributed by atoms with E-state index < -0.39 is 9.84 Å². The summed E-state index contributed by atoms with van der Waals surface area (Å²) in [6, 6.07) is 7.07. The summed E-state index contributed by atoms with van der Waals surface area (Å²) < 4.78 is 22.8. The van der Waals surface area contributed by atoms with Crippen molar-refractivity contribution in [3.63, 3.8) is 0 Å². The van der Waals surface area contributed by atoms with Gasteiger partial charge in [-0.15, -0.1) is 0 Å². The fourth-order valence-electron chi connectivity index (χ4n) is 2.70. The van der Waals surface area contributed by atoms with Gasteiger partial charge in [0, 0.05) is 12.3 Å². The lowest BCUT2D eigenvalue weighted by atomic mass is 9.81. The van der Waals surface area contributed by atoms with Crippen LogP contribution in [-0.2, 0) is 9.84 Å². The highest BCUT2D eigenvalue weighted by molar-refractivity contribution is 7.90. The second kappa shape index (κ2) is 5.41. The molecular weight excluding hydrogens is 246 g/mol. The van der Waals surface area contributed by atoms with Gasteiger partial charge < -0.3 is 5.73 Å². The molecule has 0 radical (unpaired) electrons. The van der Waals surface area contributed by atoms with Crippen LogP contribution in [0.15, 0.2) is 29.2 Å². The number of rotatable bonds is 3. The number of benzene rings is 1. The first kappa shape index (κ1) is 13.6. The van der Waals surface area contributed by atoms with E-state index in [4.69, 9.17) is 5.73 Å². The SMILES string of the molecule is CS(=O)(=O)c1ccc([C@H](N)C2CCCCC2)cc1. The molecule has 18 heavy (non-hydrogen) atoms. The number of nitrogens with two attached hydrogens (primary N) is 1. The number of sulfone groups is 1. The fraction of sp³-hybridized carbons (Fsp3) is 0.571. The van der Waals surface area contributed by atoms with Gasteiger partial charge in [0.25, 0.3) is 0 Å². The van der Waals surface area contributed by atoms with Crippen molar-refractivity contribution in [2.24, 2.45) is 11.7 Å². The molecule has 0 bridgehead atoms. The maximum atomic E-state index is 11.4. The zero-order chi connectivity index (χ0) is 13.2. The van der Waals surface area contributed by atoms with Crippen molar-refractivity contribution in [2.75, 3.05) is 6.26 Å².